The van der Waals surface area contributed by atoms with E-state index in [1.54, 1.807) is 6.20 Å². The molecule has 1 saturated carbocycles. The quantitative estimate of drug-likeness (QED) is 0.570. The lowest BCUT2D eigenvalue weighted by atomic mass is 9.81. The first kappa shape index (κ1) is 5.90. The molecule has 1 aromatic rings. The van der Waals surface area contributed by atoms with E-state index in [2.05, 4.69) is 17.2 Å². The molecule has 51 valence electrons. The number of aromatic nitrogens is 1. The Morgan fingerprint density at radius 1 is 1.50 bits per heavy atom. The predicted octanol–water partition coefficient (Wildman–Crippen LogP) is 2.15. The van der Waals surface area contributed by atoms with Gasteiger partial charge in [-0.2, -0.15) is 0 Å². The van der Waals surface area contributed by atoms with E-state index in [0.29, 0.717) is 0 Å². The second-order valence-corrected chi connectivity index (χ2v) is 2.83. The van der Waals surface area contributed by atoms with Crippen molar-refractivity contribution in [2.75, 3.05) is 0 Å². The van der Waals surface area contributed by atoms with Crippen molar-refractivity contribution in [1.82, 2.24) is 4.98 Å². The van der Waals surface area contributed by atoms with Crippen LogP contribution in [0, 0.1) is 6.20 Å². The zero-order valence-electron chi connectivity index (χ0n) is 5.88. The van der Waals surface area contributed by atoms with Gasteiger partial charge in [0, 0.05) is 6.20 Å². The van der Waals surface area contributed by atoms with Crippen LogP contribution in [0.15, 0.2) is 18.3 Å². The maximum atomic E-state index is 3.96. The minimum Gasteiger partial charge on any atom is -0.254 e. The summed E-state index contributed by atoms with van der Waals surface area (Å²) < 4.78 is 0. The molecule has 1 heterocycles. The predicted molar refractivity (Wildman–Crippen MR) is 39.7 cm³/mol. The zero-order valence-corrected chi connectivity index (χ0v) is 5.88. The standard InChI is InChI=1S/C9H10N/c1-3-8(4-1)9-5-2-6-10-7-9/h2,5-6,8H,1,3-4H2. The Balaban J connectivity index is 2.18. The Morgan fingerprint density at radius 2 is 2.40 bits per heavy atom. The first-order valence-corrected chi connectivity index (χ1v) is 3.79. The first-order valence-electron chi connectivity index (χ1n) is 3.79. The summed E-state index contributed by atoms with van der Waals surface area (Å²) in [5.74, 6) is 0.772. The molecule has 0 aliphatic heterocycles. The molecule has 0 bridgehead atoms. The molecule has 1 nitrogen and oxygen atoms in total. The van der Waals surface area contributed by atoms with Crippen LogP contribution in [0.4, 0.5) is 0 Å². The smallest absolute Gasteiger partial charge is 0.0923 e. The van der Waals surface area contributed by atoms with Crippen molar-refractivity contribution < 1.29 is 0 Å². The van der Waals surface area contributed by atoms with Crippen LogP contribution in [0.5, 0.6) is 0 Å². The summed E-state index contributed by atoms with van der Waals surface area (Å²) in [7, 11) is 0. The van der Waals surface area contributed by atoms with Gasteiger partial charge in [-0.1, -0.05) is 12.5 Å². The third-order valence-electron chi connectivity index (χ3n) is 2.18. The molecule has 1 radical (unpaired) electrons. The van der Waals surface area contributed by atoms with Gasteiger partial charge in [0.25, 0.3) is 0 Å². The van der Waals surface area contributed by atoms with Crippen LogP contribution in [0.3, 0.4) is 0 Å². The summed E-state index contributed by atoms with van der Waals surface area (Å²) in [6.07, 6.45) is 8.85. The topological polar surface area (TPSA) is 12.9 Å². The molecule has 10 heavy (non-hydrogen) atoms. The van der Waals surface area contributed by atoms with Crippen LogP contribution in [0.2, 0.25) is 0 Å². The summed E-state index contributed by atoms with van der Waals surface area (Å²) in [5, 5.41) is 0. The highest BCUT2D eigenvalue weighted by atomic mass is 14.6. The van der Waals surface area contributed by atoms with Crippen LogP contribution in [-0.4, -0.2) is 4.98 Å². The van der Waals surface area contributed by atoms with Crippen molar-refractivity contribution in [1.29, 1.82) is 0 Å². The fourth-order valence-electron chi connectivity index (χ4n) is 1.29. The van der Waals surface area contributed by atoms with Gasteiger partial charge in [0.1, 0.15) is 0 Å². The summed E-state index contributed by atoms with van der Waals surface area (Å²) in [4.78, 5) is 3.96. The number of hydrogen-bond donors (Lipinski definition) is 0. The molecule has 2 rings (SSSR count). The Kier molecular flexibility index (Phi) is 1.42. The van der Waals surface area contributed by atoms with Crippen LogP contribution in [0.1, 0.15) is 30.7 Å². The fraction of sp³-hybridized carbons (Fsp3) is 0.444. The molecule has 1 fully saturated rings. The number of hydrogen-bond acceptors (Lipinski definition) is 1. The van der Waals surface area contributed by atoms with E-state index in [-0.39, 0.29) is 0 Å². The van der Waals surface area contributed by atoms with Crippen LogP contribution < -0.4 is 0 Å². The Hall–Kier alpha value is -0.850. The fourth-order valence-corrected chi connectivity index (χ4v) is 1.29. The van der Waals surface area contributed by atoms with Gasteiger partial charge >= 0.3 is 0 Å². The highest BCUT2D eigenvalue weighted by Gasteiger charge is 2.18. The monoisotopic (exact) mass is 132 g/mol. The van der Waals surface area contributed by atoms with Crippen molar-refractivity contribution in [3.63, 3.8) is 0 Å². The van der Waals surface area contributed by atoms with Gasteiger partial charge in [-0.05, 0) is 30.4 Å². The Bertz CT molecular complexity index is 201. The largest absolute Gasteiger partial charge is 0.254 e. The molecule has 0 unspecified atom stereocenters. The molecule has 1 aliphatic carbocycles. The van der Waals surface area contributed by atoms with Gasteiger partial charge < -0.3 is 0 Å². The van der Waals surface area contributed by atoms with Crippen molar-refractivity contribution in [3.8, 4) is 0 Å². The van der Waals surface area contributed by atoms with Gasteiger partial charge in [0.2, 0.25) is 0 Å². The minimum absolute atomic E-state index is 0.772. The molecule has 0 saturated heterocycles. The van der Waals surface area contributed by atoms with Gasteiger partial charge in [-0.15, -0.1) is 0 Å². The number of pyridine rings is 1. The molecule has 0 atom stereocenters. The molecular weight excluding hydrogens is 122 g/mol. The third kappa shape index (κ3) is 0.919. The van der Waals surface area contributed by atoms with Crippen LogP contribution >= 0.6 is 0 Å². The molecule has 0 spiro atoms. The molecular formula is C9H10N. The lowest BCUT2D eigenvalue weighted by Crippen LogP contribution is -2.08. The summed E-state index contributed by atoms with van der Waals surface area (Å²) in [6, 6.07) is 4.11. The number of rotatable bonds is 1. The molecule has 0 amide bonds. The second-order valence-electron chi connectivity index (χ2n) is 2.83. The van der Waals surface area contributed by atoms with E-state index >= 15 is 0 Å². The van der Waals surface area contributed by atoms with E-state index in [1.165, 1.54) is 24.8 Å². The first-order chi connectivity index (χ1) is 4.97. The molecule has 0 N–H and O–H groups in total. The minimum atomic E-state index is 0.772. The highest BCUT2D eigenvalue weighted by Crippen LogP contribution is 2.35. The van der Waals surface area contributed by atoms with Crippen molar-refractivity contribution in [2.45, 2.75) is 25.2 Å². The van der Waals surface area contributed by atoms with Crippen molar-refractivity contribution in [2.24, 2.45) is 0 Å². The second kappa shape index (κ2) is 2.41. The summed E-state index contributed by atoms with van der Waals surface area (Å²) in [6.45, 7) is 0. The maximum absolute atomic E-state index is 3.96. The zero-order chi connectivity index (χ0) is 6.81. The van der Waals surface area contributed by atoms with Gasteiger partial charge in [0.15, 0.2) is 0 Å². The number of nitrogens with zero attached hydrogens (tertiary/aromatic N) is 1. The molecule has 0 aromatic carbocycles. The maximum Gasteiger partial charge on any atom is 0.0923 e. The van der Waals surface area contributed by atoms with E-state index in [9.17, 15) is 0 Å². The highest BCUT2D eigenvalue weighted by molar-refractivity contribution is 5.15. The van der Waals surface area contributed by atoms with Crippen molar-refractivity contribution in [3.05, 3.63) is 30.1 Å². The van der Waals surface area contributed by atoms with E-state index < -0.39 is 0 Å². The van der Waals surface area contributed by atoms with Crippen LogP contribution in [0.25, 0.3) is 0 Å². The van der Waals surface area contributed by atoms with E-state index in [0.717, 1.165) is 5.92 Å². The SMILES string of the molecule is [c]1ncccc1C1CCC1. The lowest BCUT2D eigenvalue weighted by molar-refractivity contribution is 0.418. The summed E-state index contributed by atoms with van der Waals surface area (Å²) in [5.41, 5.74) is 1.30. The normalized spacial score (nSPS) is 18.4. The molecule has 1 aliphatic rings. The Morgan fingerprint density at radius 3 is 2.90 bits per heavy atom. The van der Waals surface area contributed by atoms with E-state index in [4.69, 9.17) is 0 Å². The average Bonchev–Trinajstić information content (AvgIpc) is 1.86. The van der Waals surface area contributed by atoms with Gasteiger partial charge in [-0.25, -0.2) is 0 Å². The molecule has 1 aromatic heterocycles. The van der Waals surface area contributed by atoms with Gasteiger partial charge in [-0.3, -0.25) is 4.98 Å². The average molecular weight is 132 g/mol. The molecule has 1 heteroatoms. The third-order valence-corrected chi connectivity index (χ3v) is 2.18. The van der Waals surface area contributed by atoms with E-state index in [1.807, 2.05) is 6.07 Å². The van der Waals surface area contributed by atoms with Crippen molar-refractivity contribution >= 4 is 0 Å². The Labute approximate surface area is 61.1 Å². The lowest BCUT2D eigenvalue weighted by Gasteiger charge is -2.24. The van der Waals surface area contributed by atoms with Gasteiger partial charge in [0.05, 0.1) is 6.20 Å². The summed E-state index contributed by atoms with van der Waals surface area (Å²) >= 11 is 0. The van der Waals surface area contributed by atoms with Crippen LogP contribution in [-0.2, 0) is 0 Å².